The van der Waals surface area contributed by atoms with Crippen LogP contribution in [0.3, 0.4) is 0 Å². The quantitative estimate of drug-likeness (QED) is 0.757. The number of aliphatic hydroxyl groups excluding tert-OH is 1. The van der Waals surface area contributed by atoms with Crippen molar-refractivity contribution in [1.29, 1.82) is 0 Å². The van der Waals surface area contributed by atoms with E-state index in [2.05, 4.69) is 51.6 Å². The summed E-state index contributed by atoms with van der Waals surface area (Å²) >= 11 is 0. The Hall–Kier alpha value is -2.47. The summed E-state index contributed by atoms with van der Waals surface area (Å²) in [6.07, 6.45) is 2.14. The molecule has 0 aliphatic heterocycles. The fraction of sp³-hybridized carbons (Fsp3) is 0.353. The number of anilines is 1. The Labute approximate surface area is 135 Å². The normalized spacial score (nSPS) is 12.5. The zero-order valence-electron chi connectivity index (χ0n) is 13.6. The van der Waals surface area contributed by atoms with Crippen LogP contribution in [0.1, 0.15) is 29.3 Å². The van der Waals surface area contributed by atoms with Crippen molar-refractivity contribution < 1.29 is 5.11 Å². The zero-order chi connectivity index (χ0) is 16.4. The summed E-state index contributed by atoms with van der Waals surface area (Å²) in [5.41, 5.74) is 4.02. The summed E-state index contributed by atoms with van der Waals surface area (Å²) < 4.78 is 1.75. The maximum atomic E-state index is 9.41. The second-order valence-electron chi connectivity index (χ2n) is 5.75. The smallest absolute Gasteiger partial charge is 0.163 e. The van der Waals surface area contributed by atoms with Crippen LogP contribution in [0.5, 0.6) is 0 Å². The minimum atomic E-state index is -0.0155. The number of hydrogen-bond acceptors (Lipinski definition) is 5. The molecule has 2 aromatic heterocycles. The number of hydrogen-bond donors (Lipinski definition) is 2. The Kier molecular flexibility index (Phi) is 4.25. The van der Waals surface area contributed by atoms with E-state index in [4.69, 9.17) is 0 Å². The Morgan fingerprint density at radius 1 is 1.17 bits per heavy atom. The molecule has 0 radical (unpaired) electrons. The van der Waals surface area contributed by atoms with Gasteiger partial charge in [0.2, 0.25) is 0 Å². The van der Waals surface area contributed by atoms with Crippen LogP contribution in [0, 0.1) is 13.8 Å². The van der Waals surface area contributed by atoms with E-state index >= 15 is 0 Å². The maximum absolute atomic E-state index is 9.41. The molecular weight excluding hydrogens is 290 g/mol. The lowest BCUT2D eigenvalue weighted by molar-refractivity contribution is 0.280. The lowest BCUT2D eigenvalue weighted by atomic mass is 10.0. The number of aliphatic hydroxyl groups is 1. The molecular formula is C17H21N5O. The first kappa shape index (κ1) is 15.4. The summed E-state index contributed by atoms with van der Waals surface area (Å²) in [7, 11) is 1.87. The minimum absolute atomic E-state index is 0.0155. The highest BCUT2D eigenvalue weighted by atomic mass is 16.3. The number of fused-ring (bicyclic) bond motifs is 1. The van der Waals surface area contributed by atoms with Crippen molar-refractivity contribution in [3.8, 4) is 0 Å². The SMILES string of the molecule is Cc1ccc(C(CCO)Nc2ncnc3c2c(C)nn3C)cc1. The predicted octanol–water partition coefficient (Wildman–Crippen LogP) is 2.52. The van der Waals surface area contributed by atoms with E-state index in [1.165, 1.54) is 11.9 Å². The molecule has 0 saturated heterocycles. The van der Waals surface area contributed by atoms with Gasteiger partial charge in [-0.05, 0) is 25.8 Å². The minimum Gasteiger partial charge on any atom is -0.396 e. The lowest BCUT2D eigenvalue weighted by Gasteiger charge is -2.19. The van der Waals surface area contributed by atoms with Gasteiger partial charge in [0.15, 0.2) is 5.65 Å². The third kappa shape index (κ3) is 3.03. The molecule has 1 atom stereocenters. The summed E-state index contributed by atoms with van der Waals surface area (Å²) in [6, 6.07) is 8.30. The Balaban J connectivity index is 1.99. The van der Waals surface area contributed by atoms with Crippen LogP contribution >= 0.6 is 0 Å². The van der Waals surface area contributed by atoms with Crippen molar-refractivity contribution in [2.24, 2.45) is 7.05 Å². The van der Waals surface area contributed by atoms with Gasteiger partial charge < -0.3 is 10.4 Å². The van der Waals surface area contributed by atoms with Crippen LogP contribution < -0.4 is 5.32 Å². The number of rotatable bonds is 5. The first-order valence-electron chi connectivity index (χ1n) is 7.68. The first-order chi connectivity index (χ1) is 11.1. The molecule has 0 bridgehead atoms. The standard InChI is InChI=1S/C17H21N5O/c1-11-4-6-13(7-5-11)14(8-9-23)20-16-15-12(2)21-22(3)17(15)19-10-18-16/h4-7,10,14,23H,8-9H2,1-3H3,(H,18,19,20). The monoisotopic (exact) mass is 311 g/mol. The van der Waals surface area contributed by atoms with E-state index in [0.717, 1.165) is 28.1 Å². The average molecular weight is 311 g/mol. The third-order valence-electron chi connectivity index (χ3n) is 4.00. The van der Waals surface area contributed by atoms with E-state index in [0.29, 0.717) is 6.42 Å². The molecule has 0 fully saturated rings. The Morgan fingerprint density at radius 3 is 2.61 bits per heavy atom. The van der Waals surface area contributed by atoms with E-state index in [-0.39, 0.29) is 12.6 Å². The maximum Gasteiger partial charge on any atom is 0.163 e. The summed E-state index contributed by atoms with van der Waals surface area (Å²) in [6.45, 7) is 4.11. The fourth-order valence-corrected chi connectivity index (χ4v) is 2.80. The summed E-state index contributed by atoms with van der Waals surface area (Å²) in [4.78, 5) is 8.69. The first-order valence-corrected chi connectivity index (χ1v) is 7.68. The molecule has 0 aliphatic carbocycles. The number of nitrogens with one attached hydrogen (secondary N) is 1. The molecule has 0 amide bonds. The third-order valence-corrected chi connectivity index (χ3v) is 4.00. The van der Waals surface area contributed by atoms with Crippen molar-refractivity contribution in [3.63, 3.8) is 0 Å². The van der Waals surface area contributed by atoms with Gasteiger partial charge in [0, 0.05) is 13.7 Å². The van der Waals surface area contributed by atoms with Gasteiger partial charge in [-0.1, -0.05) is 29.8 Å². The highest BCUT2D eigenvalue weighted by molar-refractivity contribution is 5.89. The highest BCUT2D eigenvalue weighted by Gasteiger charge is 2.17. The van der Waals surface area contributed by atoms with E-state index < -0.39 is 0 Å². The van der Waals surface area contributed by atoms with Gasteiger partial charge in [-0.3, -0.25) is 4.68 Å². The van der Waals surface area contributed by atoms with Crippen molar-refractivity contribution in [1.82, 2.24) is 19.7 Å². The molecule has 2 heterocycles. The highest BCUT2D eigenvalue weighted by Crippen LogP contribution is 2.27. The molecule has 3 rings (SSSR count). The molecule has 0 aliphatic rings. The van der Waals surface area contributed by atoms with Crippen LogP contribution in [-0.4, -0.2) is 31.5 Å². The Morgan fingerprint density at radius 2 is 1.91 bits per heavy atom. The zero-order valence-corrected chi connectivity index (χ0v) is 13.6. The van der Waals surface area contributed by atoms with Gasteiger partial charge in [-0.2, -0.15) is 5.10 Å². The van der Waals surface area contributed by atoms with Crippen molar-refractivity contribution in [3.05, 3.63) is 47.4 Å². The van der Waals surface area contributed by atoms with Gasteiger partial charge in [0.1, 0.15) is 12.1 Å². The van der Waals surface area contributed by atoms with Crippen molar-refractivity contribution in [2.75, 3.05) is 11.9 Å². The van der Waals surface area contributed by atoms with Crippen LogP contribution in [0.15, 0.2) is 30.6 Å². The topological polar surface area (TPSA) is 75.9 Å². The molecule has 6 nitrogen and oxygen atoms in total. The van der Waals surface area contributed by atoms with E-state index in [1.54, 1.807) is 4.68 Å². The number of nitrogens with zero attached hydrogens (tertiary/aromatic N) is 4. The summed E-state index contributed by atoms with van der Waals surface area (Å²) in [5, 5.41) is 18.2. The average Bonchev–Trinajstić information content (AvgIpc) is 2.83. The van der Waals surface area contributed by atoms with Crippen LogP contribution in [-0.2, 0) is 7.05 Å². The molecule has 6 heteroatoms. The van der Waals surface area contributed by atoms with Crippen LogP contribution in [0.25, 0.3) is 11.0 Å². The molecule has 1 unspecified atom stereocenters. The molecule has 1 aromatic carbocycles. The molecule has 2 N–H and O–H groups in total. The predicted molar refractivity (Wildman–Crippen MR) is 90.3 cm³/mol. The number of aryl methyl sites for hydroxylation is 3. The van der Waals surface area contributed by atoms with Crippen LogP contribution in [0.2, 0.25) is 0 Å². The van der Waals surface area contributed by atoms with Gasteiger partial charge in [0.05, 0.1) is 17.1 Å². The molecule has 120 valence electrons. The van der Waals surface area contributed by atoms with E-state index in [1.807, 2.05) is 14.0 Å². The van der Waals surface area contributed by atoms with Crippen molar-refractivity contribution >= 4 is 16.9 Å². The summed E-state index contributed by atoms with van der Waals surface area (Å²) in [5.74, 6) is 0.750. The number of aromatic nitrogens is 4. The molecule has 0 spiro atoms. The fourth-order valence-electron chi connectivity index (χ4n) is 2.80. The van der Waals surface area contributed by atoms with Gasteiger partial charge in [-0.25, -0.2) is 9.97 Å². The lowest BCUT2D eigenvalue weighted by Crippen LogP contribution is -2.14. The van der Waals surface area contributed by atoms with E-state index in [9.17, 15) is 5.11 Å². The Bertz CT molecular complexity index is 810. The molecule has 0 saturated carbocycles. The molecule has 23 heavy (non-hydrogen) atoms. The largest absolute Gasteiger partial charge is 0.396 e. The molecule has 3 aromatic rings. The van der Waals surface area contributed by atoms with Gasteiger partial charge in [0.25, 0.3) is 0 Å². The number of benzene rings is 1. The van der Waals surface area contributed by atoms with Gasteiger partial charge >= 0.3 is 0 Å². The second-order valence-corrected chi connectivity index (χ2v) is 5.75. The van der Waals surface area contributed by atoms with Gasteiger partial charge in [-0.15, -0.1) is 0 Å². The van der Waals surface area contributed by atoms with Crippen molar-refractivity contribution in [2.45, 2.75) is 26.3 Å². The second kappa shape index (κ2) is 6.34. The van der Waals surface area contributed by atoms with Crippen LogP contribution in [0.4, 0.5) is 5.82 Å².